The Kier molecular flexibility index (Phi) is 4.12. The van der Waals surface area contributed by atoms with Crippen LogP contribution < -0.4 is 0 Å². The largest absolute Gasteiger partial charge is 0.416 e. The summed E-state index contributed by atoms with van der Waals surface area (Å²) >= 11 is 0. The average molecular weight is 287 g/mol. The zero-order valence-corrected chi connectivity index (χ0v) is 11.7. The standard InChI is InChI=1S/C15H20F3NO/c1-14(2,19-9-5-6-10-19)13(20)11-7-3-4-8-12(11)15(16,17)18/h3-4,7-8,13,20H,5-6,9-10H2,1-2H3. The van der Waals surface area contributed by atoms with Gasteiger partial charge in [0.05, 0.1) is 11.7 Å². The SMILES string of the molecule is CC(C)(C(O)c1ccccc1C(F)(F)F)N1CCCC1. The summed E-state index contributed by atoms with van der Waals surface area (Å²) in [6, 6.07) is 5.28. The molecule has 1 aliphatic heterocycles. The molecule has 1 saturated heterocycles. The number of halogens is 3. The van der Waals surface area contributed by atoms with Crippen LogP contribution in [0.3, 0.4) is 0 Å². The number of nitrogens with zero attached hydrogens (tertiary/aromatic N) is 1. The molecule has 2 rings (SSSR count). The van der Waals surface area contributed by atoms with E-state index >= 15 is 0 Å². The van der Waals surface area contributed by atoms with Crippen LogP contribution in [0.1, 0.15) is 43.9 Å². The molecule has 1 aromatic carbocycles. The molecule has 0 saturated carbocycles. The van der Waals surface area contributed by atoms with E-state index in [9.17, 15) is 18.3 Å². The zero-order valence-electron chi connectivity index (χ0n) is 11.7. The molecular formula is C15H20F3NO. The predicted molar refractivity (Wildman–Crippen MR) is 71.3 cm³/mol. The highest BCUT2D eigenvalue weighted by atomic mass is 19.4. The number of rotatable bonds is 3. The number of benzene rings is 1. The summed E-state index contributed by atoms with van der Waals surface area (Å²) in [6.07, 6.45) is -3.56. The van der Waals surface area contributed by atoms with Gasteiger partial charge in [0, 0.05) is 5.54 Å². The topological polar surface area (TPSA) is 23.5 Å². The van der Waals surface area contributed by atoms with Gasteiger partial charge in [0.15, 0.2) is 0 Å². The molecule has 112 valence electrons. The maximum atomic E-state index is 13.0. The molecule has 0 aliphatic carbocycles. The highest BCUT2D eigenvalue weighted by Gasteiger charge is 2.41. The summed E-state index contributed by atoms with van der Waals surface area (Å²) in [7, 11) is 0. The average Bonchev–Trinajstić information content (AvgIpc) is 2.91. The van der Waals surface area contributed by atoms with Crippen LogP contribution in [0.5, 0.6) is 0 Å². The van der Waals surface area contributed by atoms with Crippen LogP contribution in [-0.4, -0.2) is 28.6 Å². The summed E-state index contributed by atoms with van der Waals surface area (Å²) in [6.45, 7) is 5.24. The second-order valence-corrected chi connectivity index (χ2v) is 5.84. The molecule has 2 nitrogen and oxygen atoms in total. The van der Waals surface area contributed by atoms with Gasteiger partial charge in [-0.1, -0.05) is 18.2 Å². The molecule has 0 spiro atoms. The van der Waals surface area contributed by atoms with Crippen LogP contribution in [0.4, 0.5) is 13.2 Å². The first-order valence-corrected chi connectivity index (χ1v) is 6.84. The smallest absolute Gasteiger partial charge is 0.386 e. The monoisotopic (exact) mass is 287 g/mol. The summed E-state index contributed by atoms with van der Waals surface area (Å²) in [5.41, 5.74) is -1.51. The highest BCUT2D eigenvalue weighted by Crippen LogP contribution is 2.40. The van der Waals surface area contributed by atoms with Crippen LogP contribution in [0, 0.1) is 0 Å². The lowest BCUT2D eigenvalue weighted by atomic mass is 9.87. The van der Waals surface area contributed by atoms with Crippen LogP contribution in [-0.2, 0) is 6.18 Å². The van der Waals surface area contributed by atoms with Crippen LogP contribution >= 0.6 is 0 Å². The molecule has 20 heavy (non-hydrogen) atoms. The quantitative estimate of drug-likeness (QED) is 0.918. The van der Waals surface area contributed by atoms with Gasteiger partial charge >= 0.3 is 6.18 Å². The van der Waals surface area contributed by atoms with Crippen molar-refractivity contribution in [3.05, 3.63) is 35.4 Å². The van der Waals surface area contributed by atoms with Crippen molar-refractivity contribution in [2.75, 3.05) is 13.1 Å². The normalized spacial score (nSPS) is 19.3. The number of alkyl halides is 3. The highest BCUT2D eigenvalue weighted by molar-refractivity contribution is 5.33. The molecule has 1 atom stereocenters. The number of hydrogen-bond donors (Lipinski definition) is 1. The molecule has 1 fully saturated rings. The molecule has 1 N–H and O–H groups in total. The summed E-state index contributed by atoms with van der Waals surface area (Å²) in [4.78, 5) is 2.06. The van der Waals surface area contributed by atoms with Crippen molar-refractivity contribution in [3.63, 3.8) is 0 Å². The number of hydrogen-bond acceptors (Lipinski definition) is 2. The third kappa shape index (κ3) is 2.83. The van der Waals surface area contributed by atoms with Crippen molar-refractivity contribution in [2.24, 2.45) is 0 Å². The molecule has 0 radical (unpaired) electrons. The van der Waals surface area contributed by atoms with Gasteiger partial charge < -0.3 is 5.11 Å². The molecule has 1 unspecified atom stereocenters. The van der Waals surface area contributed by atoms with Crippen molar-refractivity contribution in [2.45, 2.75) is 44.5 Å². The van der Waals surface area contributed by atoms with Crippen molar-refractivity contribution < 1.29 is 18.3 Å². The van der Waals surface area contributed by atoms with Crippen molar-refractivity contribution in [1.82, 2.24) is 4.90 Å². The van der Waals surface area contributed by atoms with E-state index in [1.165, 1.54) is 18.2 Å². The summed E-state index contributed by atoms with van der Waals surface area (Å²) in [5, 5.41) is 10.5. The Morgan fingerprint density at radius 3 is 2.20 bits per heavy atom. The lowest BCUT2D eigenvalue weighted by Gasteiger charge is -2.40. The first-order valence-electron chi connectivity index (χ1n) is 6.84. The molecule has 0 amide bonds. The fraction of sp³-hybridized carbons (Fsp3) is 0.600. The van der Waals surface area contributed by atoms with E-state index < -0.39 is 23.4 Å². The first kappa shape index (κ1) is 15.3. The minimum Gasteiger partial charge on any atom is -0.386 e. The van der Waals surface area contributed by atoms with E-state index in [1.54, 1.807) is 13.8 Å². The summed E-state index contributed by atoms with van der Waals surface area (Å²) < 4.78 is 39.1. The van der Waals surface area contributed by atoms with E-state index in [-0.39, 0.29) is 5.56 Å². The van der Waals surface area contributed by atoms with Gasteiger partial charge in [-0.2, -0.15) is 13.2 Å². The minimum absolute atomic E-state index is 0.0445. The van der Waals surface area contributed by atoms with Gasteiger partial charge in [-0.05, 0) is 51.4 Å². The second-order valence-electron chi connectivity index (χ2n) is 5.84. The third-order valence-corrected chi connectivity index (χ3v) is 4.15. The first-order chi connectivity index (χ1) is 9.24. The van der Waals surface area contributed by atoms with Crippen LogP contribution in [0.25, 0.3) is 0 Å². The minimum atomic E-state index is -4.45. The number of aliphatic hydroxyl groups is 1. The maximum absolute atomic E-state index is 13.0. The van der Waals surface area contributed by atoms with E-state index in [2.05, 4.69) is 4.90 Å². The zero-order chi connectivity index (χ0) is 15.0. The Bertz CT molecular complexity index is 464. The predicted octanol–water partition coefficient (Wildman–Crippen LogP) is 3.61. The van der Waals surface area contributed by atoms with Crippen LogP contribution in [0.15, 0.2) is 24.3 Å². The lowest BCUT2D eigenvalue weighted by Crippen LogP contribution is -2.47. The Morgan fingerprint density at radius 2 is 1.65 bits per heavy atom. The molecule has 1 heterocycles. The van der Waals surface area contributed by atoms with E-state index in [4.69, 9.17) is 0 Å². The van der Waals surface area contributed by atoms with Gasteiger partial charge in [-0.25, -0.2) is 0 Å². The molecule has 1 aromatic rings. The van der Waals surface area contributed by atoms with E-state index in [0.29, 0.717) is 0 Å². The lowest BCUT2D eigenvalue weighted by molar-refractivity contribution is -0.140. The molecule has 0 bridgehead atoms. The van der Waals surface area contributed by atoms with Crippen molar-refractivity contribution in [3.8, 4) is 0 Å². The van der Waals surface area contributed by atoms with Gasteiger partial charge in [-0.15, -0.1) is 0 Å². The third-order valence-electron chi connectivity index (χ3n) is 4.15. The second kappa shape index (κ2) is 5.37. The molecule has 1 aliphatic rings. The fourth-order valence-electron chi connectivity index (χ4n) is 2.84. The Morgan fingerprint density at radius 1 is 1.10 bits per heavy atom. The van der Waals surface area contributed by atoms with E-state index in [0.717, 1.165) is 32.0 Å². The van der Waals surface area contributed by atoms with Gasteiger partial charge in [0.2, 0.25) is 0 Å². The molecule has 0 aromatic heterocycles. The van der Waals surface area contributed by atoms with Crippen molar-refractivity contribution >= 4 is 0 Å². The van der Waals surface area contributed by atoms with Gasteiger partial charge in [0.1, 0.15) is 0 Å². The molecular weight excluding hydrogens is 267 g/mol. The van der Waals surface area contributed by atoms with Gasteiger partial charge in [0.25, 0.3) is 0 Å². The van der Waals surface area contributed by atoms with E-state index in [1.807, 2.05) is 0 Å². The number of likely N-dealkylation sites (tertiary alicyclic amines) is 1. The van der Waals surface area contributed by atoms with Gasteiger partial charge in [-0.3, -0.25) is 4.90 Å². The summed E-state index contributed by atoms with van der Waals surface area (Å²) in [5.74, 6) is 0. The fourth-order valence-corrected chi connectivity index (χ4v) is 2.84. The molecule has 5 heteroatoms. The number of aliphatic hydroxyl groups excluding tert-OH is 1. The maximum Gasteiger partial charge on any atom is 0.416 e. The Hall–Kier alpha value is -1.07. The Balaban J connectivity index is 2.35. The van der Waals surface area contributed by atoms with Crippen molar-refractivity contribution in [1.29, 1.82) is 0 Å². The van der Waals surface area contributed by atoms with Crippen LogP contribution in [0.2, 0.25) is 0 Å². The Labute approximate surface area is 117 Å².